The van der Waals surface area contributed by atoms with E-state index in [0.717, 1.165) is 29.7 Å². The van der Waals surface area contributed by atoms with Crippen molar-refractivity contribution >= 4 is 16.5 Å². The second-order valence-electron chi connectivity index (χ2n) is 3.06. The number of anilines is 1. The molecule has 1 heterocycles. The van der Waals surface area contributed by atoms with Crippen LogP contribution in [0, 0.1) is 11.6 Å². The maximum Gasteiger partial charge on any atom is 0.165 e. The summed E-state index contributed by atoms with van der Waals surface area (Å²) in [7, 11) is 0. The van der Waals surface area contributed by atoms with Crippen LogP contribution >= 0.6 is 11.5 Å². The molecule has 0 fully saturated rings. The summed E-state index contributed by atoms with van der Waals surface area (Å²) in [6.07, 6.45) is 0. The zero-order valence-electron chi connectivity index (χ0n) is 8.48. The summed E-state index contributed by atoms with van der Waals surface area (Å²) < 4.78 is 34.8. The van der Waals surface area contributed by atoms with Gasteiger partial charge >= 0.3 is 0 Å². The summed E-state index contributed by atoms with van der Waals surface area (Å²) in [5, 5.41) is 4.25. The number of nitrogen functional groups attached to an aromatic ring is 1. The Kier molecular flexibility index (Phi) is 3.45. The predicted octanol–water partition coefficient (Wildman–Crippen LogP) is 1.68. The van der Waals surface area contributed by atoms with E-state index in [1.807, 2.05) is 0 Å². The third-order valence-corrected chi connectivity index (χ3v) is 2.64. The summed E-state index contributed by atoms with van der Waals surface area (Å²) in [5.41, 5.74) is 2.82. The molecular weight excluding hydrogens is 250 g/mol. The number of ether oxygens (including phenoxy) is 1. The van der Waals surface area contributed by atoms with Crippen molar-refractivity contribution in [2.75, 3.05) is 5.43 Å². The van der Waals surface area contributed by atoms with E-state index < -0.39 is 11.6 Å². The van der Waals surface area contributed by atoms with E-state index in [2.05, 4.69) is 15.0 Å². The molecular formula is C9H8F2N4OS. The number of benzene rings is 1. The minimum atomic E-state index is -0.642. The lowest BCUT2D eigenvalue weighted by Crippen LogP contribution is -2.09. The molecule has 5 nitrogen and oxygen atoms in total. The number of hydrogen-bond donors (Lipinski definition) is 2. The van der Waals surface area contributed by atoms with Gasteiger partial charge < -0.3 is 10.2 Å². The summed E-state index contributed by atoms with van der Waals surface area (Å²) in [6, 6.07) is 2.97. The van der Waals surface area contributed by atoms with Crippen molar-refractivity contribution < 1.29 is 13.5 Å². The molecule has 0 aliphatic heterocycles. The first-order valence-electron chi connectivity index (χ1n) is 4.56. The van der Waals surface area contributed by atoms with E-state index >= 15 is 0 Å². The van der Waals surface area contributed by atoms with Gasteiger partial charge in [-0.2, -0.15) is 0 Å². The van der Waals surface area contributed by atoms with E-state index in [9.17, 15) is 8.78 Å². The van der Waals surface area contributed by atoms with Gasteiger partial charge in [0.1, 0.15) is 18.1 Å². The van der Waals surface area contributed by atoms with E-state index in [0.29, 0.717) is 10.7 Å². The molecule has 0 saturated carbocycles. The summed E-state index contributed by atoms with van der Waals surface area (Å²) >= 11 is 1.05. The van der Waals surface area contributed by atoms with Gasteiger partial charge in [-0.1, -0.05) is 4.49 Å². The van der Waals surface area contributed by atoms with Crippen LogP contribution in [0.25, 0.3) is 0 Å². The number of hydrogen-bond acceptors (Lipinski definition) is 6. The molecule has 17 heavy (non-hydrogen) atoms. The Morgan fingerprint density at radius 3 is 3.00 bits per heavy atom. The Bertz CT molecular complexity index is 519. The standard InChI is InChI=1S/C9H8F2N4OS/c10-5-1-2-6(11)8(3-5)16-4-7-9(13-12)17-15-14-7/h1-3,13H,4,12H2. The maximum atomic E-state index is 13.2. The molecule has 90 valence electrons. The van der Waals surface area contributed by atoms with Crippen LogP contribution < -0.4 is 16.0 Å². The molecule has 2 aromatic rings. The summed E-state index contributed by atoms with van der Waals surface area (Å²) in [5.74, 6) is 3.81. The average molecular weight is 258 g/mol. The minimum absolute atomic E-state index is 0.0452. The maximum absolute atomic E-state index is 13.2. The van der Waals surface area contributed by atoms with Crippen LogP contribution in [0.15, 0.2) is 18.2 Å². The van der Waals surface area contributed by atoms with Crippen LogP contribution in [0.5, 0.6) is 5.75 Å². The first-order valence-corrected chi connectivity index (χ1v) is 5.33. The monoisotopic (exact) mass is 258 g/mol. The molecule has 0 saturated heterocycles. The molecule has 8 heteroatoms. The van der Waals surface area contributed by atoms with Crippen molar-refractivity contribution in [2.45, 2.75) is 6.61 Å². The van der Waals surface area contributed by atoms with Crippen molar-refractivity contribution in [2.24, 2.45) is 5.84 Å². The highest BCUT2D eigenvalue weighted by molar-refractivity contribution is 7.10. The normalized spacial score (nSPS) is 10.3. The molecule has 0 bridgehead atoms. The Hall–Kier alpha value is -1.80. The smallest absolute Gasteiger partial charge is 0.165 e. The molecule has 0 aliphatic rings. The summed E-state index contributed by atoms with van der Waals surface area (Å²) in [4.78, 5) is 0. The number of hydrazine groups is 1. The number of nitrogens with zero attached hydrogens (tertiary/aromatic N) is 2. The highest BCUT2D eigenvalue weighted by Gasteiger charge is 2.10. The zero-order valence-corrected chi connectivity index (χ0v) is 9.30. The molecule has 1 aromatic heterocycles. The lowest BCUT2D eigenvalue weighted by molar-refractivity contribution is 0.284. The number of nitrogens with two attached hydrogens (primary N) is 1. The highest BCUT2D eigenvalue weighted by Crippen LogP contribution is 2.22. The van der Waals surface area contributed by atoms with Crippen LogP contribution in [0.1, 0.15) is 5.69 Å². The van der Waals surface area contributed by atoms with Crippen LogP contribution in [-0.2, 0) is 6.61 Å². The molecule has 0 unspecified atom stereocenters. The van der Waals surface area contributed by atoms with Gasteiger partial charge in [0.2, 0.25) is 0 Å². The van der Waals surface area contributed by atoms with Crippen LogP contribution in [-0.4, -0.2) is 9.59 Å². The second-order valence-corrected chi connectivity index (χ2v) is 3.81. The Balaban J connectivity index is 2.09. The van der Waals surface area contributed by atoms with Crippen molar-refractivity contribution in [3.63, 3.8) is 0 Å². The van der Waals surface area contributed by atoms with Crippen LogP contribution in [0.3, 0.4) is 0 Å². The van der Waals surface area contributed by atoms with Gasteiger partial charge in [-0.05, 0) is 12.1 Å². The molecule has 0 radical (unpaired) electrons. The lowest BCUT2D eigenvalue weighted by atomic mass is 10.3. The SMILES string of the molecule is NNc1snnc1COc1cc(F)ccc1F. The van der Waals surface area contributed by atoms with Crippen molar-refractivity contribution in [3.05, 3.63) is 35.5 Å². The Morgan fingerprint density at radius 1 is 1.41 bits per heavy atom. The van der Waals surface area contributed by atoms with Crippen LogP contribution in [0.2, 0.25) is 0 Å². The van der Waals surface area contributed by atoms with Gasteiger partial charge in [-0.15, -0.1) is 5.10 Å². The highest BCUT2D eigenvalue weighted by atomic mass is 32.1. The van der Waals surface area contributed by atoms with E-state index in [1.165, 1.54) is 0 Å². The quantitative estimate of drug-likeness (QED) is 0.644. The van der Waals surface area contributed by atoms with E-state index in [4.69, 9.17) is 10.6 Å². The second kappa shape index (κ2) is 5.02. The summed E-state index contributed by atoms with van der Waals surface area (Å²) in [6.45, 7) is -0.0452. The molecule has 3 N–H and O–H groups in total. The van der Waals surface area contributed by atoms with Crippen molar-refractivity contribution in [1.29, 1.82) is 0 Å². The first-order chi connectivity index (χ1) is 8.20. The van der Waals surface area contributed by atoms with Gasteiger partial charge in [-0.3, -0.25) is 0 Å². The van der Waals surface area contributed by atoms with Crippen molar-refractivity contribution in [1.82, 2.24) is 9.59 Å². The number of aromatic nitrogens is 2. The van der Waals surface area contributed by atoms with Crippen LogP contribution in [0.4, 0.5) is 13.8 Å². The molecule has 0 amide bonds. The number of nitrogens with one attached hydrogen (secondary N) is 1. The van der Waals surface area contributed by atoms with Gasteiger partial charge in [-0.25, -0.2) is 14.6 Å². The largest absolute Gasteiger partial charge is 0.484 e. The molecule has 0 aliphatic carbocycles. The Labute approximate surface area is 99.3 Å². The molecule has 1 aromatic carbocycles. The van der Waals surface area contributed by atoms with E-state index in [-0.39, 0.29) is 12.4 Å². The predicted molar refractivity (Wildman–Crippen MR) is 58.4 cm³/mol. The topological polar surface area (TPSA) is 73.1 Å². The third-order valence-electron chi connectivity index (χ3n) is 1.94. The van der Waals surface area contributed by atoms with Gasteiger partial charge in [0.15, 0.2) is 16.6 Å². The fourth-order valence-electron chi connectivity index (χ4n) is 1.15. The minimum Gasteiger partial charge on any atom is -0.484 e. The van der Waals surface area contributed by atoms with Gasteiger partial charge in [0, 0.05) is 17.6 Å². The third kappa shape index (κ3) is 2.66. The fraction of sp³-hybridized carbons (Fsp3) is 0.111. The first kappa shape index (κ1) is 11.7. The fourth-order valence-corrected chi connectivity index (χ4v) is 1.63. The number of rotatable bonds is 4. The van der Waals surface area contributed by atoms with Gasteiger partial charge in [0.05, 0.1) is 0 Å². The Morgan fingerprint density at radius 2 is 2.24 bits per heavy atom. The number of halogens is 2. The van der Waals surface area contributed by atoms with Gasteiger partial charge in [0.25, 0.3) is 0 Å². The van der Waals surface area contributed by atoms with Crippen molar-refractivity contribution in [3.8, 4) is 5.75 Å². The molecule has 0 atom stereocenters. The zero-order chi connectivity index (χ0) is 12.3. The van der Waals surface area contributed by atoms with E-state index in [1.54, 1.807) is 0 Å². The average Bonchev–Trinajstić information content (AvgIpc) is 2.77. The lowest BCUT2D eigenvalue weighted by Gasteiger charge is -2.06. The molecule has 0 spiro atoms. The molecule has 2 rings (SSSR count).